The van der Waals surface area contributed by atoms with E-state index in [1.54, 1.807) is 0 Å². The van der Waals surface area contributed by atoms with Gasteiger partial charge in [0, 0.05) is 50.7 Å². The number of carbonyl (C=O) groups is 2. The first-order valence-corrected chi connectivity index (χ1v) is 12.3. The summed E-state index contributed by atoms with van der Waals surface area (Å²) < 4.78 is 24.7. The van der Waals surface area contributed by atoms with Gasteiger partial charge in [-0.2, -0.15) is 4.31 Å². The van der Waals surface area contributed by atoms with Gasteiger partial charge < -0.3 is 9.80 Å². The van der Waals surface area contributed by atoms with Crippen molar-refractivity contribution in [1.29, 1.82) is 0 Å². The fourth-order valence-electron chi connectivity index (χ4n) is 4.86. The molecule has 2 aliphatic heterocycles. The van der Waals surface area contributed by atoms with Crippen LogP contribution in [-0.4, -0.2) is 73.3 Å². The standard InChI is InChI=1S/C21H29N3O4S/c1-29(27,28)24-12-10-22(11-13-24)20(25)17-8-6-16(7-9-17)14-23-15-18-4-2-3-5-19(18)21(23)26/h2-5,16-17H,6-15H2,1H3. The molecular weight excluding hydrogens is 390 g/mol. The fourth-order valence-corrected chi connectivity index (χ4v) is 5.69. The Morgan fingerprint density at radius 2 is 1.69 bits per heavy atom. The predicted molar refractivity (Wildman–Crippen MR) is 110 cm³/mol. The first-order chi connectivity index (χ1) is 13.8. The summed E-state index contributed by atoms with van der Waals surface area (Å²) in [6.45, 7) is 3.19. The highest BCUT2D eigenvalue weighted by Gasteiger charge is 2.34. The van der Waals surface area contributed by atoms with Crippen LogP contribution in [0, 0.1) is 11.8 Å². The van der Waals surface area contributed by atoms with Gasteiger partial charge in [-0.1, -0.05) is 18.2 Å². The minimum atomic E-state index is -3.18. The van der Waals surface area contributed by atoms with Crippen LogP contribution in [0.15, 0.2) is 24.3 Å². The summed E-state index contributed by atoms with van der Waals surface area (Å²) in [5, 5.41) is 0. The number of amides is 2. The molecule has 0 N–H and O–H groups in total. The zero-order chi connectivity index (χ0) is 20.6. The summed E-state index contributed by atoms with van der Waals surface area (Å²) in [6.07, 6.45) is 4.84. The molecule has 0 spiro atoms. The maximum absolute atomic E-state index is 12.9. The Labute approximate surface area is 172 Å². The summed E-state index contributed by atoms with van der Waals surface area (Å²) in [5.74, 6) is 0.769. The fraction of sp³-hybridized carbons (Fsp3) is 0.619. The zero-order valence-electron chi connectivity index (χ0n) is 16.9. The van der Waals surface area contributed by atoms with Gasteiger partial charge in [0.15, 0.2) is 0 Å². The highest BCUT2D eigenvalue weighted by molar-refractivity contribution is 7.88. The van der Waals surface area contributed by atoms with E-state index < -0.39 is 10.0 Å². The smallest absolute Gasteiger partial charge is 0.254 e. The van der Waals surface area contributed by atoms with Crippen LogP contribution < -0.4 is 0 Å². The van der Waals surface area contributed by atoms with E-state index in [-0.39, 0.29) is 17.7 Å². The Hall–Kier alpha value is -1.93. The van der Waals surface area contributed by atoms with Gasteiger partial charge in [0.2, 0.25) is 15.9 Å². The predicted octanol–water partition coefficient (Wildman–Crippen LogP) is 1.55. The van der Waals surface area contributed by atoms with Crippen LogP contribution in [0.3, 0.4) is 0 Å². The first kappa shape index (κ1) is 20.3. The number of fused-ring (bicyclic) bond motifs is 1. The minimum Gasteiger partial charge on any atom is -0.340 e. The second-order valence-corrected chi connectivity index (χ2v) is 10.5. The van der Waals surface area contributed by atoms with Crippen LogP contribution in [0.1, 0.15) is 41.6 Å². The lowest BCUT2D eigenvalue weighted by atomic mass is 9.81. The normalized spacial score (nSPS) is 25.9. The van der Waals surface area contributed by atoms with E-state index >= 15 is 0 Å². The molecule has 1 aromatic carbocycles. The van der Waals surface area contributed by atoms with Crippen molar-refractivity contribution < 1.29 is 18.0 Å². The third-order valence-corrected chi connectivity index (χ3v) is 7.89. The molecule has 0 unspecified atom stereocenters. The van der Waals surface area contributed by atoms with Crippen LogP contribution >= 0.6 is 0 Å². The van der Waals surface area contributed by atoms with E-state index in [1.807, 2.05) is 34.1 Å². The van der Waals surface area contributed by atoms with Gasteiger partial charge in [0.25, 0.3) is 5.91 Å². The molecule has 7 nitrogen and oxygen atoms in total. The van der Waals surface area contributed by atoms with Crippen molar-refractivity contribution in [2.24, 2.45) is 11.8 Å². The number of hydrogen-bond acceptors (Lipinski definition) is 4. The van der Waals surface area contributed by atoms with E-state index in [1.165, 1.54) is 10.6 Å². The maximum Gasteiger partial charge on any atom is 0.254 e. The average molecular weight is 420 g/mol. The second kappa shape index (κ2) is 8.07. The molecule has 4 rings (SSSR count). The zero-order valence-corrected chi connectivity index (χ0v) is 17.7. The molecule has 2 heterocycles. The number of benzene rings is 1. The van der Waals surface area contributed by atoms with Gasteiger partial charge in [0.05, 0.1) is 6.26 Å². The van der Waals surface area contributed by atoms with Crippen LogP contribution in [0.2, 0.25) is 0 Å². The first-order valence-electron chi connectivity index (χ1n) is 10.4. The number of hydrogen-bond donors (Lipinski definition) is 0. The highest BCUT2D eigenvalue weighted by atomic mass is 32.2. The molecule has 0 radical (unpaired) electrons. The van der Waals surface area contributed by atoms with E-state index in [0.29, 0.717) is 38.6 Å². The summed E-state index contributed by atoms with van der Waals surface area (Å²) in [6, 6.07) is 7.80. The SMILES string of the molecule is CS(=O)(=O)N1CCN(C(=O)C2CCC(CN3Cc4ccccc4C3=O)CC2)CC1. The Morgan fingerprint density at radius 1 is 1.03 bits per heavy atom. The van der Waals surface area contributed by atoms with E-state index in [4.69, 9.17) is 0 Å². The minimum absolute atomic E-state index is 0.0301. The molecule has 29 heavy (non-hydrogen) atoms. The Balaban J connectivity index is 1.25. The van der Waals surface area contributed by atoms with Crippen molar-refractivity contribution in [3.8, 4) is 0 Å². The molecule has 1 aromatic rings. The van der Waals surface area contributed by atoms with Gasteiger partial charge in [-0.05, 0) is 43.2 Å². The molecule has 2 amide bonds. The summed E-state index contributed by atoms with van der Waals surface area (Å²) in [7, 11) is -3.18. The van der Waals surface area contributed by atoms with Crippen molar-refractivity contribution in [3.05, 3.63) is 35.4 Å². The molecule has 0 aromatic heterocycles. The molecule has 1 aliphatic carbocycles. The molecule has 3 aliphatic rings. The van der Waals surface area contributed by atoms with Crippen molar-refractivity contribution in [3.63, 3.8) is 0 Å². The second-order valence-electron chi connectivity index (χ2n) is 8.55. The van der Waals surface area contributed by atoms with Crippen LogP contribution in [0.5, 0.6) is 0 Å². The topological polar surface area (TPSA) is 78.0 Å². The lowest BCUT2D eigenvalue weighted by Gasteiger charge is -2.37. The maximum atomic E-state index is 12.9. The molecule has 158 valence electrons. The van der Waals surface area contributed by atoms with Gasteiger partial charge in [-0.25, -0.2) is 8.42 Å². The monoisotopic (exact) mass is 419 g/mol. The van der Waals surface area contributed by atoms with Crippen LogP contribution in [0.25, 0.3) is 0 Å². The Morgan fingerprint density at radius 3 is 2.31 bits per heavy atom. The Bertz CT molecular complexity index is 885. The van der Waals surface area contributed by atoms with E-state index in [0.717, 1.165) is 43.4 Å². The van der Waals surface area contributed by atoms with E-state index in [2.05, 4.69) is 0 Å². The molecule has 0 bridgehead atoms. The van der Waals surface area contributed by atoms with Crippen LogP contribution in [-0.2, 0) is 21.4 Å². The van der Waals surface area contributed by atoms with Gasteiger partial charge in [0.1, 0.15) is 0 Å². The Kier molecular flexibility index (Phi) is 5.66. The third-order valence-electron chi connectivity index (χ3n) is 6.59. The lowest BCUT2D eigenvalue weighted by molar-refractivity contribution is -0.138. The van der Waals surface area contributed by atoms with Crippen molar-refractivity contribution in [1.82, 2.24) is 14.1 Å². The molecular formula is C21H29N3O4S. The van der Waals surface area contributed by atoms with Gasteiger partial charge in [-0.3, -0.25) is 9.59 Å². The third kappa shape index (κ3) is 4.33. The molecule has 0 atom stereocenters. The number of nitrogens with zero attached hydrogens (tertiary/aromatic N) is 3. The number of carbonyl (C=O) groups excluding carboxylic acids is 2. The van der Waals surface area contributed by atoms with Crippen molar-refractivity contribution in [2.75, 3.05) is 39.0 Å². The lowest BCUT2D eigenvalue weighted by Crippen LogP contribution is -2.52. The quantitative estimate of drug-likeness (QED) is 0.742. The largest absolute Gasteiger partial charge is 0.340 e. The average Bonchev–Trinajstić information content (AvgIpc) is 3.03. The van der Waals surface area contributed by atoms with Crippen molar-refractivity contribution >= 4 is 21.8 Å². The van der Waals surface area contributed by atoms with E-state index in [9.17, 15) is 18.0 Å². The van der Waals surface area contributed by atoms with Crippen molar-refractivity contribution in [2.45, 2.75) is 32.2 Å². The van der Waals surface area contributed by atoms with Gasteiger partial charge >= 0.3 is 0 Å². The number of piperazine rings is 1. The summed E-state index contributed by atoms with van der Waals surface area (Å²) >= 11 is 0. The molecule has 1 saturated carbocycles. The number of rotatable bonds is 4. The molecule has 1 saturated heterocycles. The molecule has 2 fully saturated rings. The summed E-state index contributed by atoms with van der Waals surface area (Å²) in [4.78, 5) is 29.2. The van der Waals surface area contributed by atoms with Crippen LogP contribution in [0.4, 0.5) is 0 Å². The number of sulfonamides is 1. The summed E-state index contributed by atoms with van der Waals surface area (Å²) in [5.41, 5.74) is 1.93. The van der Waals surface area contributed by atoms with Gasteiger partial charge in [-0.15, -0.1) is 0 Å². The highest BCUT2D eigenvalue weighted by Crippen LogP contribution is 2.33. The molecule has 8 heteroatoms.